The van der Waals surface area contributed by atoms with Crippen molar-refractivity contribution < 1.29 is 18.8 Å². The maximum Gasteiger partial charge on any atom is 0.337 e. The van der Waals surface area contributed by atoms with E-state index in [1.807, 2.05) is 13.8 Å². The van der Waals surface area contributed by atoms with Gasteiger partial charge < -0.3 is 9.47 Å². The summed E-state index contributed by atoms with van der Waals surface area (Å²) in [5.74, 6) is 0.204. The van der Waals surface area contributed by atoms with E-state index in [1.54, 1.807) is 24.3 Å². The summed E-state index contributed by atoms with van der Waals surface area (Å²) in [7, 11) is 1.30. The normalized spacial score (nSPS) is 11.3. The van der Waals surface area contributed by atoms with E-state index in [-0.39, 0.29) is 14.4 Å². The molecule has 0 aliphatic carbocycles. The highest BCUT2D eigenvalue weighted by molar-refractivity contribution is 7.25. The van der Waals surface area contributed by atoms with Crippen LogP contribution in [0.3, 0.4) is 0 Å². The fourth-order valence-electron chi connectivity index (χ4n) is 1.54. The van der Waals surface area contributed by atoms with Crippen LogP contribution in [-0.4, -0.2) is 18.4 Å². The summed E-state index contributed by atoms with van der Waals surface area (Å²) in [6.45, 7) is 3.86. The molecule has 18 heavy (non-hydrogen) atoms. The van der Waals surface area contributed by atoms with Crippen LogP contribution >= 0.6 is 8.46 Å². The largest absolute Gasteiger partial charge is 0.475 e. The van der Waals surface area contributed by atoms with Gasteiger partial charge in [0, 0.05) is 0 Å². The van der Waals surface area contributed by atoms with E-state index in [4.69, 9.17) is 4.74 Å². The van der Waals surface area contributed by atoms with E-state index in [2.05, 4.69) is 4.74 Å². The van der Waals surface area contributed by atoms with Gasteiger partial charge in [-0.3, -0.25) is 4.57 Å². The molecule has 0 heterocycles. The molecule has 0 fully saturated rings. The first-order chi connectivity index (χ1) is 8.60. The Labute approximate surface area is 108 Å². The number of carbonyl (C=O) groups excluding carboxylic acids is 1. The number of esters is 1. The highest BCUT2D eigenvalue weighted by Crippen LogP contribution is 2.33. The van der Waals surface area contributed by atoms with Gasteiger partial charge in [0.25, 0.3) is 0 Å². The summed E-state index contributed by atoms with van der Waals surface area (Å²) in [6.07, 6.45) is 1.29. The number of rotatable bonds is 6. The van der Waals surface area contributed by atoms with E-state index < -0.39 is 5.34 Å². The highest BCUT2D eigenvalue weighted by Gasteiger charge is 2.29. The Bertz CT molecular complexity index is 410. The molecule has 4 nitrogen and oxygen atoms in total. The second-order valence-electron chi connectivity index (χ2n) is 3.86. The first-order valence-electron chi connectivity index (χ1n) is 5.82. The topological polar surface area (TPSA) is 52.6 Å². The summed E-state index contributed by atoms with van der Waals surface area (Å²) < 4.78 is 21.6. The van der Waals surface area contributed by atoms with Gasteiger partial charge in [0.05, 0.1) is 12.7 Å². The predicted octanol–water partition coefficient (Wildman–Crippen LogP) is 3.66. The second kappa shape index (κ2) is 6.50. The molecule has 1 aromatic rings. The summed E-state index contributed by atoms with van der Waals surface area (Å²) in [4.78, 5) is 11.3. The van der Waals surface area contributed by atoms with Gasteiger partial charge in [0.2, 0.25) is 8.46 Å². The summed E-state index contributed by atoms with van der Waals surface area (Å²) >= 11 is 0. The van der Waals surface area contributed by atoms with Crippen molar-refractivity contribution in [1.29, 1.82) is 0 Å². The molecule has 1 rings (SSSR count). The van der Waals surface area contributed by atoms with Crippen molar-refractivity contribution in [2.24, 2.45) is 0 Å². The zero-order chi connectivity index (χ0) is 13.6. The fourth-order valence-corrected chi connectivity index (χ4v) is 1.94. The van der Waals surface area contributed by atoms with Gasteiger partial charge in [0.15, 0.2) is 5.34 Å². The molecule has 0 aliphatic rings. The molecule has 0 N–H and O–H groups in total. The van der Waals surface area contributed by atoms with Crippen LogP contribution in [-0.2, 0) is 9.30 Å². The number of benzene rings is 1. The molecule has 0 saturated heterocycles. The third-order valence-electron chi connectivity index (χ3n) is 2.85. The van der Waals surface area contributed by atoms with Crippen LogP contribution in [0.25, 0.3) is 0 Å². The summed E-state index contributed by atoms with van der Waals surface area (Å²) in [5, 5.41) is -0.688. The molecule has 0 amide bonds. The Morgan fingerprint density at radius 2 is 1.78 bits per heavy atom. The van der Waals surface area contributed by atoms with Crippen LogP contribution in [0.1, 0.15) is 37.0 Å². The number of carbonyl (C=O) groups is 1. The third kappa shape index (κ3) is 3.30. The maximum atomic E-state index is 11.3. The molecule has 1 aromatic carbocycles. The summed E-state index contributed by atoms with van der Waals surface area (Å²) in [5.41, 5.74) is 0.461. The quantitative estimate of drug-likeness (QED) is 0.583. The third-order valence-corrected chi connectivity index (χ3v) is 3.91. The average Bonchev–Trinajstić information content (AvgIpc) is 2.45. The van der Waals surface area contributed by atoms with Crippen molar-refractivity contribution in [1.82, 2.24) is 0 Å². The van der Waals surface area contributed by atoms with Crippen LogP contribution in [0, 0.1) is 0 Å². The molecular formula is C13H17O4P. The van der Waals surface area contributed by atoms with Gasteiger partial charge in [-0.15, -0.1) is 0 Å². The number of hydrogen-bond acceptors (Lipinski definition) is 4. The molecule has 0 aliphatic heterocycles. The minimum absolute atomic E-state index is 0.0316. The van der Waals surface area contributed by atoms with Crippen molar-refractivity contribution in [2.75, 3.05) is 7.11 Å². The fraction of sp³-hybridized carbons (Fsp3) is 0.462. The van der Waals surface area contributed by atoms with Gasteiger partial charge in [-0.2, -0.15) is 0 Å². The lowest BCUT2D eigenvalue weighted by atomic mass is 10.2. The summed E-state index contributed by atoms with van der Waals surface area (Å²) in [6, 6.07) is 6.60. The Hall–Kier alpha value is -1.41. The number of hydrogen-bond donors (Lipinski definition) is 0. The smallest absolute Gasteiger partial charge is 0.337 e. The first-order valence-corrected chi connectivity index (χ1v) is 6.64. The van der Waals surface area contributed by atoms with Gasteiger partial charge in [-0.1, -0.05) is 13.8 Å². The Balaban J connectivity index is 2.86. The van der Waals surface area contributed by atoms with E-state index in [0.717, 1.165) is 0 Å². The molecule has 0 radical (unpaired) electrons. The lowest BCUT2D eigenvalue weighted by Crippen LogP contribution is -2.27. The van der Waals surface area contributed by atoms with Gasteiger partial charge >= 0.3 is 5.97 Å². The zero-order valence-electron chi connectivity index (χ0n) is 10.8. The average molecular weight is 268 g/mol. The molecular weight excluding hydrogens is 251 g/mol. The number of ether oxygens (including phenoxy) is 2. The second-order valence-corrected chi connectivity index (χ2v) is 4.86. The first kappa shape index (κ1) is 14.7. The van der Waals surface area contributed by atoms with Gasteiger partial charge in [0.1, 0.15) is 5.75 Å². The van der Waals surface area contributed by atoms with E-state index in [0.29, 0.717) is 24.2 Å². The molecule has 0 aromatic heterocycles. The number of methoxy groups -OCH3 is 1. The van der Waals surface area contributed by atoms with Crippen LogP contribution in [0.15, 0.2) is 24.3 Å². The Morgan fingerprint density at radius 3 is 2.17 bits per heavy atom. The Kier molecular flexibility index (Phi) is 5.29. The van der Waals surface area contributed by atoms with Crippen molar-refractivity contribution in [2.45, 2.75) is 32.0 Å². The molecule has 0 saturated carbocycles. The van der Waals surface area contributed by atoms with Crippen molar-refractivity contribution in [3.8, 4) is 5.75 Å². The maximum absolute atomic E-state index is 11.3. The minimum atomic E-state index is -0.688. The van der Waals surface area contributed by atoms with Crippen molar-refractivity contribution in [3.63, 3.8) is 0 Å². The van der Waals surface area contributed by atoms with Gasteiger partial charge in [-0.25, -0.2) is 4.79 Å². The lowest BCUT2D eigenvalue weighted by Gasteiger charge is -2.25. The van der Waals surface area contributed by atoms with E-state index in [1.165, 1.54) is 7.11 Å². The molecule has 0 atom stereocenters. The van der Waals surface area contributed by atoms with Crippen molar-refractivity contribution in [3.05, 3.63) is 29.8 Å². The highest BCUT2D eigenvalue weighted by atomic mass is 31.1. The Morgan fingerprint density at radius 1 is 1.22 bits per heavy atom. The molecule has 0 spiro atoms. The zero-order valence-corrected chi connectivity index (χ0v) is 11.7. The van der Waals surface area contributed by atoms with Crippen LogP contribution in [0.2, 0.25) is 0 Å². The van der Waals surface area contributed by atoms with Crippen LogP contribution < -0.4 is 4.74 Å². The molecule has 98 valence electrons. The lowest BCUT2D eigenvalue weighted by molar-refractivity contribution is 0.0600. The van der Waals surface area contributed by atoms with Crippen LogP contribution in [0.4, 0.5) is 0 Å². The van der Waals surface area contributed by atoms with E-state index in [9.17, 15) is 9.36 Å². The monoisotopic (exact) mass is 268 g/mol. The SMILES string of the molecule is CCC(CC)(Oc1ccc(C(=O)OC)cc1)P=O. The van der Waals surface area contributed by atoms with Crippen molar-refractivity contribution >= 4 is 14.4 Å². The van der Waals surface area contributed by atoms with Gasteiger partial charge in [-0.05, 0) is 37.1 Å². The minimum Gasteiger partial charge on any atom is -0.475 e. The van der Waals surface area contributed by atoms with Crippen LogP contribution in [0.5, 0.6) is 5.75 Å². The van der Waals surface area contributed by atoms with E-state index >= 15 is 0 Å². The molecule has 0 bridgehead atoms. The molecule has 0 unspecified atom stereocenters. The molecule has 5 heteroatoms. The predicted molar refractivity (Wildman–Crippen MR) is 69.3 cm³/mol. The standard InChI is InChI=1S/C13H17O4P/c1-4-13(5-2,18-15)17-11-8-6-10(7-9-11)12(14)16-3/h6-9H,4-5H2,1-3H3.